The normalized spacial score (nSPS) is 10.4. The maximum atomic E-state index is 12.0. The summed E-state index contributed by atoms with van der Waals surface area (Å²) in [6.07, 6.45) is 1.49. The monoisotopic (exact) mass is 379 g/mol. The molecule has 0 aliphatic carbocycles. The first-order valence-corrected chi connectivity index (χ1v) is 8.88. The minimum absolute atomic E-state index is 0.0765. The molecule has 144 valence electrons. The van der Waals surface area contributed by atoms with Crippen molar-refractivity contribution in [2.24, 2.45) is 0 Å². The van der Waals surface area contributed by atoms with E-state index in [4.69, 9.17) is 9.47 Å². The van der Waals surface area contributed by atoms with Crippen molar-refractivity contribution in [1.29, 1.82) is 0 Å². The van der Waals surface area contributed by atoms with E-state index in [0.717, 1.165) is 5.69 Å². The molecule has 1 N–H and O–H groups in total. The van der Waals surface area contributed by atoms with E-state index in [2.05, 4.69) is 10.4 Å². The van der Waals surface area contributed by atoms with Crippen molar-refractivity contribution in [1.82, 2.24) is 9.78 Å². The molecule has 0 spiro atoms. The highest BCUT2D eigenvalue weighted by Crippen LogP contribution is 2.18. The van der Waals surface area contributed by atoms with Gasteiger partial charge in [0.05, 0.1) is 24.2 Å². The molecule has 0 bridgehead atoms. The Morgan fingerprint density at radius 2 is 1.79 bits per heavy atom. The summed E-state index contributed by atoms with van der Waals surface area (Å²) < 4.78 is 12.1. The van der Waals surface area contributed by atoms with E-state index in [9.17, 15) is 9.59 Å². The zero-order valence-corrected chi connectivity index (χ0v) is 15.7. The molecule has 7 nitrogen and oxygen atoms in total. The number of para-hydroxylation sites is 1. The van der Waals surface area contributed by atoms with Crippen molar-refractivity contribution >= 4 is 17.6 Å². The van der Waals surface area contributed by atoms with Crippen LogP contribution >= 0.6 is 0 Å². The van der Waals surface area contributed by atoms with E-state index in [1.807, 2.05) is 30.3 Å². The van der Waals surface area contributed by atoms with Gasteiger partial charge in [0.2, 0.25) is 0 Å². The van der Waals surface area contributed by atoms with Gasteiger partial charge in [-0.25, -0.2) is 9.48 Å². The zero-order chi connectivity index (χ0) is 19.9. The van der Waals surface area contributed by atoms with E-state index in [-0.39, 0.29) is 12.5 Å². The number of aromatic nitrogens is 2. The van der Waals surface area contributed by atoms with Crippen LogP contribution < -0.4 is 10.1 Å². The number of carbonyl (C=O) groups is 2. The fraction of sp³-hybridized carbons (Fsp3) is 0.190. The minimum atomic E-state index is -0.395. The third-order valence-corrected chi connectivity index (χ3v) is 4.01. The molecule has 1 amide bonds. The van der Waals surface area contributed by atoms with Crippen LogP contribution in [-0.4, -0.2) is 34.9 Å². The van der Waals surface area contributed by atoms with Crippen molar-refractivity contribution in [2.45, 2.75) is 13.8 Å². The summed E-state index contributed by atoms with van der Waals surface area (Å²) in [6, 6.07) is 16.3. The maximum Gasteiger partial charge on any atom is 0.341 e. The highest BCUT2D eigenvalue weighted by Gasteiger charge is 2.16. The molecular weight excluding hydrogens is 358 g/mol. The van der Waals surface area contributed by atoms with Crippen LogP contribution in [0.15, 0.2) is 60.8 Å². The zero-order valence-electron chi connectivity index (χ0n) is 15.7. The van der Waals surface area contributed by atoms with Crippen molar-refractivity contribution in [2.75, 3.05) is 18.5 Å². The van der Waals surface area contributed by atoms with Crippen LogP contribution in [0.1, 0.15) is 23.0 Å². The highest BCUT2D eigenvalue weighted by atomic mass is 16.5. The Morgan fingerprint density at radius 1 is 1.07 bits per heavy atom. The van der Waals surface area contributed by atoms with E-state index < -0.39 is 5.97 Å². The molecule has 3 aromatic rings. The first-order chi connectivity index (χ1) is 13.6. The van der Waals surface area contributed by atoms with Crippen LogP contribution in [0.5, 0.6) is 5.75 Å². The van der Waals surface area contributed by atoms with Crippen molar-refractivity contribution in [3.05, 3.63) is 72.1 Å². The Balaban J connectivity index is 1.62. The van der Waals surface area contributed by atoms with Crippen molar-refractivity contribution < 1.29 is 19.1 Å². The van der Waals surface area contributed by atoms with Gasteiger partial charge in [-0.15, -0.1) is 0 Å². The van der Waals surface area contributed by atoms with E-state index in [0.29, 0.717) is 29.3 Å². The predicted octanol–water partition coefficient (Wildman–Crippen LogP) is 3.37. The summed E-state index contributed by atoms with van der Waals surface area (Å²) in [5.41, 5.74) is 2.52. The van der Waals surface area contributed by atoms with Gasteiger partial charge < -0.3 is 14.8 Å². The largest absolute Gasteiger partial charge is 0.484 e. The third-order valence-electron chi connectivity index (χ3n) is 4.01. The summed E-state index contributed by atoms with van der Waals surface area (Å²) in [4.78, 5) is 23.9. The maximum absolute atomic E-state index is 12.0. The van der Waals surface area contributed by atoms with Crippen molar-refractivity contribution in [3.63, 3.8) is 0 Å². The SMILES string of the molecule is CCOC(=O)c1cnn(-c2ccc(NC(=O)COc3ccccc3)cc2)c1C. The van der Waals surface area contributed by atoms with Crippen LogP contribution in [0.4, 0.5) is 5.69 Å². The van der Waals surface area contributed by atoms with Gasteiger partial charge in [-0.1, -0.05) is 18.2 Å². The van der Waals surface area contributed by atoms with E-state index in [1.54, 1.807) is 42.8 Å². The smallest absolute Gasteiger partial charge is 0.341 e. The van der Waals surface area contributed by atoms with Gasteiger partial charge in [0.25, 0.3) is 5.91 Å². The number of anilines is 1. The standard InChI is InChI=1S/C21H21N3O4/c1-3-27-21(26)19-13-22-24(15(19)2)17-11-9-16(10-12-17)23-20(25)14-28-18-7-5-4-6-8-18/h4-13H,3,14H2,1-2H3,(H,23,25). The van der Waals surface area contributed by atoms with Crippen molar-refractivity contribution in [3.8, 4) is 11.4 Å². The third kappa shape index (κ3) is 4.56. The second kappa shape index (κ2) is 8.85. The molecule has 0 atom stereocenters. The number of benzene rings is 2. The first-order valence-electron chi connectivity index (χ1n) is 8.88. The van der Waals surface area contributed by atoms with Crippen LogP contribution in [0.25, 0.3) is 5.69 Å². The van der Waals surface area contributed by atoms with E-state index >= 15 is 0 Å². The second-order valence-electron chi connectivity index (χ2n) is 5.97. The first kappa shape index (κ1) is 19.2. The van der Waals surface area contributed by atoms with Crippen LogP contribution in [-0.2, 0) is 9.53 Å². The molecule has 0 radical (unpaired) electrons. The molecule has 0 unspecified atom stereocenters. The minimum Gasteiger partial charge on any atom is -0.484 e. The average molecular weight is 379 g/mol. The highest BCUT2D eigenvalue weighted by molar-refractivity contribution is 5.92. The van der Waals surface area contributed by atoms with Gasteiger partial charge in [-0.2, -0.15) is 5.10 Å². The lowest BCUT2D eigenvalue weighted by molar-refractivity contribution is -0.118. The second-order valence-corrected chi connectivity index (χ2v) is 5.97. The summed E-state index contributed by atoms with van der Waals surface area (Å²) >= 11 is 0. The Labute approximate surface area is 162 Å². The lowest BCUT2D eigenvalue weighted by Crippen LogP contribution is -2.20. The van der Waals surface area contributed by atoms with Gasteiger partial charge >= 0.3 is 5.97 Å². The Morgan fingerprint density at radius 3 is 2.46 bits per heavy atom. The molecule has 0 saturated carbocycles. The molecule has 0 saturated heterocycles. The number of ether oxygens (including phenoxy) is 2. The number of nitrogens with one attached hydrogen (secondary N) is 1. The fourth-order valence-corrected chi connectivity index (χ4v) is 2.63. The van der Waals surface area contributed by atoms with Crippen LogP contribution in [0.2, 0.25) is 0 Å². The Kier molecular flexibility index (Phi) is 6.06. The average Bonchev–Trinajstić information content (AvgIpc) is 3.09. The summed E-state index contributed by atoms with van der Waals surface area (Å²) in [5.74, 6) is -0.00965. The number of carbonyl (C=O) groups excluding carboxylic acids is 2. The molecule has 0 aliphatic heterocycles. The predicted molar refractivity (Wildman–Crippen MR) is 105 cm³/mol. The molecule has 3 rings (SSSR count). The molecule has 1 heterocycles. The number of nitrogens with zero attached hydrogens (tertiary/aromatic N) is 2. The summed E-state index contributed by atoms with van der Waals surface area (Å²) in [6.45, 7) is 3.80. The number of amides is 1. The van der Waals surface area contributed by atoms with Gasteiger partial charge in [-0.05, 0) is 50.2 Å². The summed E-state index contributed by atoms with van der Waals surface area (Å²) in [5, 5.41) is 7.03. The van der Waals surface area contributed by atoms with Gasteiger partial charge in [0.1, 0.15) is 11.3 Å². The van der Waals surface area contributed by atoms with Gasteiger partial charge in [0.15, 0.2) is 6.61 Å². The lowest BCUT2D eigenvalue weighted by atomic mass is 10.2. The quantitative estimate of drug-likeness (QED) is 0.637. The van der Waals surface area contributed by atoms with Gasteiger partial charge in [-0.3, -0.25) is 4.79 Å². The fourth-order valence-electron chi connectivity index (χ4n) is 2.63. The molecule has 2 aromatic carbocycles. The van der Waals surface area contributed by atoms with Crippen LogP contribution in [0.3, 0.4) is 0 Å². The van der Waals surface area contributed by atoms with Gasteiger partial charge in [0, 0.05) is 5.69 Å². The molecule has 0 aliphatic rings. The Bertz CT molecular complexity index is 950. The number of rotatable bonds is 7. The topological polar surface area (TPSA) is 82.5 Å². The molecule has 1 aromatic heterocycles. The molecule has 7 heteroatoms. The van der Waals surface area contributed by atoms with Crippen LogP contribution in [0, 0.1) is 6.92 Å². The number of esters is 1. The molecule has 28 heavy (non-hydrogen) atoms. The van der Waals surface area contributed by atoms with E-state index in [1.165, 1.54) is 6.20 Å². The Hall–Kier alpha value is -3.61. The lowest BCUT2D eigenvalue weighted by Gasteiger charge is -2.09. The summed E-state index contributed by atoms with van der Waals surface area (Å²) in [7, 11) is 0. The number of hydrogen-bond donors (Lipinski definition) is 1. The molecular formula is C21H21N3O4. The number of hydrogen-bond acceptors (Lipinski definition) is 5. The molecule has 0 fully saturated rings.